The van der Waals surface area contributed by atoms with Crippen LogP contribution in [0.2, 0.25) is 0 Å². The second-order valence-corrected chi connectivity index (χ2v) is 3.39. The second-order valence-electron chi connectivity index (χ2n) is 3.39. The Morgan fingerprint density at radius 3 is 2.53 bits per heavy atom. The van der Waals surface area contributed by atoms with E-state index in [-0.39, 0.29) is 17.5 Å². The molecule has 0 fully saturated rings. The molecular formula is C11H8F3NO2. The minimum absolute atomic E-state index is 0.0616. The van der Waals surface area contributed by atoms with Crippen molar-refractivity contribution in [2.75, 3.05) is 0 Å². The smallest absolute Gasteiger partial charge is 0.416 e. The van der Waals surface area contributed by atoms with Crippen LogP contribution in [0.1, 0.15) is 16.7 Å². The summed E-state index contributed by atoms with van der Waals surface area (Å²) in [6.45, 7) is 0. The molecule has 0 amide bonds. The third kappa shape index (κ3) is 3.48. The van der Waals surface area contributed by atoms with Crippen LogP contribution in [-0.2, 0) is 23.8 Å². The molecule has 0 saturated carbocycles. The predicted octanol–water partition coefficient (Wildman–Crippen LogP) is 2.40. The van der Waals surface area contributed by atoms with Gasteiger partial charge in [0.25, 0.3) is 0 Å². The summed E-state index contributed by atoms with van der Waals surface area (Å²) in [5.74, 6) is -1.20. The van der Waals surface area contributed by atoms with Crippen molar-refractivity contribution in [3.05, 3.63) is 34.9 Å². The molecule has 0 atom stereocenters. The third-order valence-electron chi connectivity index (χ3n) is 2.10. The number of carbonyl (C=O) groups is 1. The third-order valence-corrected chi connectivity index (χ3v) is 2.10. The van der Waals surface area contributed by atoms with Crippen molar-refractivity contribution in [2.45, 2.75) is 19.0 Å². The molecule has 0 aliphatic carbocycles. The van der Waals surface area contributed by atoms with Crippen LogP contribution in [0.25, 0.3) is 0 Å². The summed E-state index contributed by atoms with van der Waals surface area (Å²) in [4.78, 5) is 10.4. The summed E-state index contributed by atoms with van der Waals surface area (Å²) in [7, 11) is 0. The molecular weight excluding hydrogens is 235 g/mol. The summed E-state index contributed by atoms with van der Waals surface area (Å²) in [5.41, 5.74) is -1.03. The van der Waals surface area contributed by atoms with Crippen molar-refractivity contribution >= 4 is 5.97 Å². The molecule has 3 nitrogen and oxygen atoms in total. The lowest BCUT2D eigenvalue weighted by Crippen LogP contribution is -2.11. The molecule has 1 N–H and O–H groups in total. The predicted molar refractivity (Wildman–Crippen MR) is 52.1 cm³/mol. The Labute approximate surface area is 95.1 Å². The summed E-state index contributed by atoms with van der Waals surface area (Å²) < 4.78 is 37.9. The Kier molecular flexibility index (Phi) is 3.73. The lowest BCUT2D eigenvalue weighted by molar-refractivity contribution is -0.139. The first-order valence-electron chi connectivity index (χ1n) is 4.62. The number of halogens is 3. The maximum atomic E-state index is 12.6. The van der Waals surface area contributed by atoms with Gasteiger partial charge in [-0.1, -0.05) is 12.1 Å². The summed E-state index contributed by atoms with van der Waals surface area (Å²) in [5, 5.41) is 16.9. The number of carboxylic acid groups (broad SMARTS) is 1. The summed E-state index contributed by atoms with van der Waals surface area (Å²) in [6, 6.07) is 4.85. The number of hydrogen-bond donors (Lipinski definition) is 1. The Bertz CT molecular complexity index is 475. The van der Waals surface area contributed by atoms with Crippen LogP contribution in [0, 0.1) is 11.3 Å². The van der Waals surface area contributed by atoms with E-state index in [9.17, 15) is 18.0 Å². The van der Waals surface area contributed by atoms with Gasteiger partial charge in [-0.15, -0.1) is 0 Å². The fourth-order valence-electron chi connectivity index (χ4n) is 1.41. The Balaban J connectivity index is 3.20. The van der Waals surface area contributed by atoms with Crippen LogP contribution in [0.3, 0.4) is 0 Å². The highest BCUT2D eigenvalue weighted by Crippen LogP contribution is 2.33. The Morgan fingerprint density at radius 2 is 2.06 bits per heavy atom. The van der Waals surface area contributed by atoms with Crippen LogP contribution in [0.15, 0.2) is 18.2 Å². The molecule has 6 heteroatoms. The van der Waals surface area contributed by atoms with Crippen molar-refractivity contribution in [1.29, 1.82) is 5.26 Å². The monoisotopic (exact) mass is 243 g/mol. The molecule has 0 aliphatic rings. The van der Waals surface area contributed by atoms with Gasteiger partial charge in [0.15, 0.2) is 0 Å². The van der Waals surface area contributed by atoms with E-state index in [1.165, 1.54) is 6.07 Å². The van der Waals surface area contributed by atoms with E-state index in [0.717, 1.165) is 12.1 Å². The zero-order valence-electron chi connectivity index (χ0n) is 8.58. The van der Waals surface area contributed by atoms with Crippen molar-refractivity contribution in [3.63, 3.8) is 0 Å². The van der Waals surface area contributed by atoms with Crippen LogP contribution in [0.4, 0.5) is 13.2 Å². The molecule has 1 aromatic carbocycles. The van der Waals surface area contributed by atoms with Gasteiger partial charge in [-0.3, -0.25) is 4.79 Å². The number of aliphatic carboxylic acids is 1. The number of alkyl halides is 3. The molecule has 0 aliphatic heterocycles. The van der Waals surface area contributed by atoms with Gasteiger partial charge in [0, 0.05) is 0 Å². The molecule has 0 saturated heterocycles. The van der Waals surface area contributed by atoms with Crippen molar-refractivity contribution < 1.29 is 23.1 Å². The minimum atomic E-state index is -4.58. The molecule has 0 bridgehead atoms. The topological polar surface area (TPSA) is 61.1 Å². The van der Waals surface area contributed by atoms with Gasteiger partial charge >= 0.3 is 12.1 Å². The molecule has 90 valence electrons. The van der Waals surface area contributed by atoms with Gasteiger partial charge in [-0.2, -0.15) is 18.4 Å². The molecule has 17 heavy (non-hydrogen) atoms. The zero-order valence-corrected chi connectivity index (χ0v) is 8.58. The average molecular weight is 243 g/mol. The molecule has 1 rings (SSSR count). The summed E-state index contributed by atoms with van der Waals surface area (Å²) in [6.07, 6.45) is -5.42. The number of carboxylic acids is 1. The molecule has 1 aromatic rings. The zero-order chi connectivity index (χ0) is 13.1. The highest BCUT2D eigenvalue weighted by molar-refractivity contribution is 5.70. The largest absolute Gasteiger partial charge is 0.481 e. The number of benzene rings is 1. The van der Waals surface area contributed by atoms with Crippen LogP contribution in [-0.4, -0.2) is 11.1 Å². The number of nitrogens with zero attached hydrogens (tertiary/aromatic N) is 1. The van der Waals surface area contributed by atoms with E-state index in [2.05, 4.69) is 0 Å². The Hall–Kier alpha value is -2.03. The van der Waals surface area contributed by atoms with E-state index in [1.807, 2.05) is 0 Å². The van der Waals surface area contributed by atoms with Crippen molar-refractivity contribution in [1.82, 2.24) is 0 Å². The second kappa shape index (κ2) is 4.87. The molecule has 0 unspecified atom stereocenters. The fraction of sp³-hybridized carbons (Fsp3) is 0.273. The SMILES string of the molecule is N#CCc1ccc(CC(=O)O)cc1C(F)(F)F. The van der Waals surface area contributed by atoms with Gasteiger partial charge in [-0.25, -0.2) is 0 Å². The number of hydrogen-bond acceptors (Lipinski definition) is 2. The van der Waals surface area contributed by atoms with E-state index in [0.29, 0.717) is 0 Å². The maximum Gasteiger partial charge on any atom is 0.416 e. The van der Waals surface area contributed by atoms with E-state index >= 15 is 0 Å². The van der Waals surface area contributed by atoms with Gasteiger partial charge < -0.3 is 5.11 Å². The highest BCUT2D eigenvalue weighted by atomic mass is 19.4. The van der Waals surface area contributed by atoms with Gasteiger partial charge in [0.1, 0.15) is 0 Å². The highest BCUT2D eigenvalue weighted by Gasteiger charge is 2.33. The maximum absolute atomic E-state index is 12.6. The number of rotatable bonds is 3. The Morgan fingerprint density at radius 1 is 1.41 bits per heavy atom. The lowest BCUT2D eigenvalue weighted by Gasteiger charge is -2.12. The van der Waals surface area contributed by atoms with Gasteiger partial charge in [0.05, 0.1) is 24.5 Å². The molecule has 0 spiro atoms. The number of nitriles is 1. The average Bonchev–Trinajstić information content (AvgIpc) is 2.18. The van der Waals surface area contributed by atoms with Crippen LogP contribution < -0.4 is 0 Å². The lowest BCUT2D eigenvalue weighted by atomic mass is 10.00. The van der Waals surface area contributed by atoms with Gasteiger partial charge in [-0.05, 0) is 17.2 Å². The van der Waals surface area contributed by atoms with E-state index < -0.39 is 24.1 Å². The molecule has 0 heterocycles. The normalized spacial score (nSPS) is 10.9. The first-order valence-corrected chi connectivity index (χ1v) is 4.62. The molecule has 0 radical (unpaired) electrons. The standard InChI is InChI=1S/C11H8F3NO2/c12-11(13,14)9-5-7(6-10(16)17)1-2-8(9)3-4-15/h1-2,5H,3,6H2,(H,16,17). The first kappa shape index (κ1) is 13.0. The van der Waals surface area contributed by atoms with Crippen LogP contribution >= 0.6 is 0 Å². The van der Waals surface area contributed by atoms with Crippen LogP contribution in [0.5, 0.6) is 0 Å². The van der Waals surface area contributed by atoms with Crippen molar-refractivity contribution in [2.24, 2.45) is 0 Å². The minimum Gasteiger partial charge on any atom is -0.481 e. The van der Waals surface area contributed by atoms with E-state index in [4.69, 9.17) is 10.4 Å². The fourth-order valence-corrected chi connectivity index (χ4v) is 1.41. The summed E-state index contributed by atoms with van der Waals surface area (Å²) >= 11 is 0. The van der Waals surface area contributed by atoms with Crippen molar-refractivity contribution in [3.8, 4) is 6.07 Å². The molecule has 0 aromatic heterocycles. The van der Waals surface area contributed by atoms with Gasteiger partial charge in [0.2, 0.25) is 0 Å². The van der Waals surface area contributed by atoms with E-state index in [1.54, 1.807) is 6.07 Å². The first-order chi connectivity index (χ1) is 7.84. The quantitative estimate of drug-likeness (QED) is 0.886.